The van der Waals surface area contributed by atoms with Gasteiger partial charge in [0, 0.05) is 12.6 Å². The van der Waals surface area contributed by atoms with Crippen molar-refractivity contribution >= 4 is 6.09 Å². The van der Waals surface area contributed by atoms with Crippen molar-refractivity contribution in [1.29, 1.82) is 0 Å². The molecule has 0 saturated heterocycles. The van der Waals surface area contributed by atoms with Crippen LogP contribution in [0.2, 0.25) is 0 Å². The highest BCUT2D eigenvalue weighted by Gasteiger charge is 2.49. The van der Waals surface area contributed by atoms with Crippen molar-refractivity contribution in [2.75, 3.05) is 6.54 Å². The van der Waals surface area contributed by atoms with Gasteiger partial charge in [0.15, 0.2) is 0 Å². The Morgan fingerprint density at radius 3 is 2.50 bits per heavy atom. The van der Waals surface area contributed by atoms with Crippen LogP contribution < -0.4 is 11.1 Å². The normalized spacial score (nSPS) is 35.6. The standard InChI is InChI=1S/C10H20N2O2/c1-9(2)7(11)4-5-10(9,3)6-12-8(13)14/h7,12H,4-6,11H2,1-3H3,(H,13,14). The second kappa shape index (κ2) is 3.42. The van der Waals surface area contributed by atoms with Gasteiger partial charge >= 0.3 is 6.09 Å². The largest absolute Gasteiger partial charge is 0.465 e. The topological polar surface area (TPSA) is 75.3 Å². The first-order valence-corrected chi connectivity index (χ1v) is 5.02. The van der Waals surface area contributed by atoms with Crippen LogP contribution in [-0.2, 0) is 0 Å². The molecule has 1 amide bonds. The maximum absolute atomic E-state index is 10.4. The number of nitrogens with one attached hydrogen (secondary N) is 1. The molecule has 0 radical (unpaired) electrons. The molecule has 0 spiro atoms. The molecule has 1 aliphatic rings. The molecule has 0 aromatic rings. The Balaban J connectivity index is 2.69. The summed E-state index contributed by atoms with van der Waals surface area (Å²) in [4.78, 5) is 10.4. The van der Waals surface area contributed by atoms with Gasteiger partial charge in [-0.25, -0.2) is 4.79 Å². The predicted molar refractivity (Wildman–Crippen MR) is 55.1 cm³/mol. The Bertz CT molecular complexity index is 240. The van der Waals surface area contributed by atoms with Gasteiger partial charge in [0.05, 0.1) is 0 Å². The molecule has 0 aromatic carbocycles. The van der Waals surface area contributed by atoms with Crippen molar-refractivity contribution < 1.29 is 9.90 Å². The van der Waals surface area contributed by atoms with Gasteiger partial charge in [-0.2, -0.15) is 0 Å². The molecule has 0 bridgehead atoms. The van der Waals surface area contributed by atoms with E-state index in [0.717, 1.165) is 12.8 Å². The molecule has 1 saturated carbocycles. The third-order valence-corrected chi connectivity index (χ3v) is 4.12. The summed E-state index contributed by atoms with van der Waals surface area (Å²) in [5, 5.41) is 11.0. The summed E-state index contributed by atoms with van der Waals surface area (Å²) in [7, 11) is 0. The zero-order chi connectivity index (χ0) is 11.0. The first-order chi connectivity index (χ1) is 6.29. The molecule has 2 unspecified atom stereocenters. The Kier molecular flexibility index (Phi) is 2.76. The summed E-state index contributed by atoms with van der Waals surface area (Å²) in [5.74, 6) is 0. The van der Waals surface area contributed by atoms with Gasteiger partial charge in [-0.1, -0.05) is 20.8 Å². The number of rotatable bonds is 2. The van der Waals surface area contributed by atoms with Gasteiger partial charge in [0.2, 0.25) is 0 Å². The SMILES string of the molecule is CC1(CNC(=O)O)CCC(N)C1(C)C. The monoisotopic (exact) mass is 200 g/mol. The maximum atomic E-state index is 10.4. The predicted octanol–water partition coefficient (Wildman–Crippen LogP) is 1.41. The summed E-state index contributed by atoms with van der Waals surface area (Å²) >= 11 is 0. The molecule has 0 aromatic heterocycles. The van der Waals surface area contributed by atoms with Crippen LogP contribution >= 0.6 is 0 Å². The minimum Gasteiger partial charge on any atom is -0.465 e. The van der Waals surface area contributed by atoms with Crippen LogP contribution in [0.25, 0.3) is 0 Å². The first-order valence-electron chi connectivity index (χ1n) is 5.02. The van der Waals surface area contributed by atoms with Gasteiger partial charge in [-0.3, -0.25) is 0 Å². The molecular formula is C10H20N2O2. The number of hydrogen-bond acceptors (Lipinski definition) is 2. The first kappa shape index (κ1) is 11.3. The van der Waals surface area contributed by atoms with E-state index in [1.165, 1.54) is 0 Å². The number of nitrogens with two attached hydrogens (primary N) is 1. The third-order valence-electron chi connectivity index (χ3n) is 4.12. The van der Waals surface area contributed by atoms with Crippen LogP contribution in [0.5, 0.6) is 0 Å². The number of carboxylic acid groups (broad SMARTS) is 1. The van der Waals surface area contributed by atoms with Crippen molar-refractivity contribution in [3.63, 3.8) is 0 Å². The number of carbonyl (C=O) groups is 1. The van der Waals surface area contributed by atoms with Crippen LogP contribution in [0.4, 0.5) is 4.79 Å². The van der Waals surface area contributed by atoms with Crippen LogP contribution in [-0.4, -0.2) is 23.8 Å². The smallest absolute Gasteiger partial charge is 0.404 e. The van der Waals surface area contributed by atoms with Crippen LogP contribution in [0.15, 0.2) is 0 Å². The third kappa shape index (κ3) is 1.71. The lowest BCUT2D eigenvalue weighted by Gasteiger charge is -2.40. The van der Waals surface area contributed by atoms with Crippen molar-refractivity contribution in [3.8, 4) is 0 Å². The lowest BCUT2D eigenvalue weighted by atomic mass is 9.68. The zero-order valence-electron chi connectivity index (χ0n) is 9.13. The zero-order valence-corrected chi connectivity index (χ0v) is 9.13. The Labute approximate surface area is 84.9 Å². The molecule has 82 valence electrons. The van der Waals surface area contributed by atoms with E-state index in [9.17, 15) is 4.79 Å². The fourth-order valence-corrected chi connectivity index (χ4v) is 2.19. The minimum absolute atomic E-state index is 0.00451. The molecule has 14 heavy (non-hydrogen) atoms. The van der Waals surface area contributed by atoms with E-state index in [-0.39, 0.29) is 16.9 Å². The lowest BCUT2D eigenvalue weighted by molar-refractivity contribution is 0.111. The van der Waals surface area contributed by atoms with Gasteiger partial charge in [0.1, 0.15) is 0 Å². The van der Waals surface area contributed by atoms with Gasteiger partial charge < -0.3 is 16.2 Å². The molecule has 4 heteroatoms. The van der Waals surface area contributed by atoms with E-state index in [4.69, 9.17) is 10.8 Å². The number of hydrogen-bond donors (Lipinski definition) is 3. The quantitative estimate of drug-likeness (QED) is 0.630. The minimum atomic E-state index is -0.956. The van der Waals surface area contributed by atoms with E-state index < -0.39 is 6.09 Å². The molecule has 0 aliphatic heterocycles. The molecule has 2 atom stereocenters. The summed E-state index contributed by atoms with van der Waals surface area (Å²) in [6.07, 6.45) is 1.01. The Morgan fingerprint density at radius 1 is 1.57 bits per heavy atom. The molecule has 1 rings (SSSR count). The van der Waals surface area contributed by atoms with E-state index in [2.05, 4.69) is 26.1 Å². The van der Waals surface area contributed by atoms with Crippen LogP contribution in [0, 0.1) is 10.8 Å². The van der Waals surface area contributed by atoms with Gasteiger partial charge in [-0.15, -0.1) is 0 Å². The molecular weight excluding hydrogens is 180 g/mol. The Morgan fingerprint density at radius 2 is 2.14 bits per heavy atom. The summed E-state index contributed by atoms with van der Waals surface area (Å²) in [6.45, 7) is 6.83. The highest BCUT2D eigenvalue weighted by molar-refractivity contribution is 5.64. The fraction of sp³-hybridized carbons (Fsp3) is 0.900. The van der Waals surface area contributed by atoms with E-state index in [0.29, 0.717) is 6.54 Å². The van der Waals surface area contributed by atoms with Crippen molar-refractivity contribution in [2.24, 2.45) is 16.6 Å². The average molecular weight is 200 g/mol. The summed E-state index contributed by atoms with van der Waals surface area (Å²) < 4.78 is 0. The van der Waals surface area contributed by atoms with Crippen molar-refractivity contribution in [1.82, 2.24) is 5.32 Å². The highest BCUT2D eigenvalue weighted by Crippen LogP contribution is 2.51. The van der Waals surface area contributed by atoms with Crippen molar-refractivity contribution in [2.45, 2.75) is 39.7 Å². The Hall–Kier alpha value is -0.770. The van der Waals surface area contributed by atoms with E-state index >= 15 is 0 Å². The lowest BCUT2D eigenvalue weighted by Crippen LogP contribution is -2.47. The molecule has 1 fully saturated rings. The summed E-state index contributed by atoms with van der Waals surface area (Å²) in [5.41, 5.74) is 5.99. The highest BCUT2D eigenvalue weighted by atomic mass is 16.4. The number of amides is 1. The van der Waals surface area contributed by atoms with Crippen molar-refractivity contribution in [3.05, 3.63) is 0 Å². The molecule has 4 nitrogen and oxygen atoms in total. The summed E-state index contributed by atoms with van der Waals surface area (Å²) in [6, 6.07) is 0.170. The molecule has 1 aliphatic carbocycles. The van der Waals surface area contributed by atoms with Crippen LogP contribution in [0.3, 0.4) is 0 Å². The fourth-order valence-electron chi connectivity index (χ4n) is 2.19. The van der Waals surface area contributed by atoms with E-state index in [1.54, 1.807) is 0 Å². The average Bonchev–Trinajstić information content (AvgIpc) is 2.27. The molecule has 0 heterocycles. The second-order valence-corrected chi connectivity index (χ2v) is 5.09. The second-order valence-electron chi connectivity index (χ2n) is 5.09. The molecule has 4 N–H and O–H groups in total. The maximum Gasteiger partial charge on any atom is 0.404 e. The van der Waals surface area contributed by atoms with Gasteiger partial charge in [0.25, 0.3) is 0 Å². The van der Waals surface area contributed by atoms with Gasteiger partial charge in [-0.05, 0) is 23.7 Å². The van der Waals surface area contributed by atoms with Crippen LogP contribution in [0.1, 0.15) is 33.6 Å². The van der Waals surface area contributed by atoms with E-state index in [1.807, 2.05) is 0 Å².